The molecular formula is C24H23N3O2S. The van der Waals surface area contributed by atoms with Crippen LogP contribution in [0.15, 0.2) is 82.7 Å². The van der Waals surface area contributed by atoms with Gasteiger partial charge in [0.15, 0.2) is 0 Å². The van der Waals surface area contributed by atoms with E-state index in [2.05, 4.69) is 22.0 Å². The van der Waals surface area contributed by atoms with Crippen LogP contribution in [0.4, 0.5) is 11.4 Å². The average Bonchev–Trinajstić information content (AvgIpc) is 2.79. The monoisotopic (exact) mass is 417 g/mol. The number of likely N-dealkylation sites (tertiary alicyclic amines) is 1. The first-order chi connectivity index (χ1) is 14.6. The lowest BCUT2D eigenvalue weighted by molar-refractivity contribution is -0.120. The fourth-order valence-corrected chi connectivity index (χ4v) is 5.27. The Hall–Kier alpha value is -2.67. The number of anilines is 2. The van der Waals surface area contributed by atoms with E-state index < -0.39 is 5.60 Å². The Morgan fingerprint density at radius 1 is 0.933 bits per heavy atom. The number of nitrogens with zero attached hydrogens (tertiary/aromatic N) is 3. The Kier molecular flexibility index (Phi) is 5.06. The summed E-state index contributed by atoms with van der Waals surface area (Å²) in [5.74, 6) is 0.0541. The molecule has 3 aromatic rings. The highest BCUT2D eigenvalue weighted by Crippen LogP contribution is 2.48. The maximum atomic E-state index is 13.4. The summed E-state index contributed by atoms with van der Waals surface area (Å²) >= 11 is 1.70. The largest absolute Gasteiger partial charge is 0.383 e. The van der Waals surface area contributed by atoms with Crippen LogP contribution >= 0.6 is 11.8 Å². The fraction of sp³-hybridized carbons (Fsp3) is 0.250. The third-order valence-electron chi connectivity index (χ3n) is 5.87. The van der Waals surface area contributed by atoms with Gasteiger partial charge in [0.1, 0.15) is 5.60 Å². The molecule has 2 aromatic carbocycles. The van der Waals surface area contributed by atoms with Gasteiger partial charge in [-0.25, -0.2) is 0 Å². The van der Waals surface area contributed by atoms with E-state index in [9.17, 15) is 9.90 Å². The van der Waals surface area contributed by atoms with E-state index in [-0.39, 0.29) is 5.91 Å². The molecule has 0 unspecified atom stereocenters. The van der Waals surface area contributed by atoms with Crippen molar-refractivity contribution < 1.29 is 9.90 Å². The van der Waals surface area contributed by atoms with Crippen molar-refractivity contribution in [1.29, 1.82) is 0 Å². The Labute approximate surface area is 180 Å². The van der Waals surface area contributed by atoms with Crippen LogP contribution in [-0.2, 0) is 10.4 Å². The van der Waals surface area contributed by atoms with Crippen LogP contribution in [0.1, 0.15) is 18.5 Å². The van der Waals surface area contributed by atoms with E-state index in [0.717, 1.165) is 21.2 Å². The fourth-order valence-electron chi connectivity index (χ4n) is 4.21. The van der Waals surface area contributed by atoms with Crippen LogP contribution in [-0.4, -0.2) is 40.5 Å². The van der Waals surface area contributed by atoms with Gasteiger partial charge in [-0.15, -0.1) is 0 Å². The van der Waals surface area contributed by atoms with Crippen LogP contribution in [0.25, 0.3) is 0 Å². The number of benzene rings is 2. The number of aliphatic hydroxyl groups is 1. The number of pyridine rings is 1. The minimum atomic E-state index is -0.915. The number of carbonyl (C=O) groups is 1. The number of fused-ring (bicyclic) bond motifs is 2. The summed E-state index contributed by atoms with van der Waals surface area (Å²) in [6.07, 6.45) is 2.85. The van der Waals surface area contributed by atoms with Crippen molar-refractivity contribution in [3.05, 3.63) is 78.6 Å². The van der Waals surface area contributed by atoms with Crippen molar-refractivity contribution in [1.82, 2.24) is 9.88 Å². The van der Waals surface area contributed by atoms with Crippen LogP contribution in [0.5, 0.6) is 0 Å². The Morgan fingerprint density at radius 3 is 2.13 bits per heavy atom. The highest BCUT2D eigenvalue weighted by Gasteiger charge is 2.36. The van der Waals surface area contributed by atoms with Gasteiger partial charge in [-0.1, -0.05) is 42.1 Å². The summed E-state index contributed by atoms with van der Waals surface area (Å²) < 4.78 is 0. The third kappa shape index (κ3) is 3.51. The van der Waals surface area contributed by atoms with Gasteiger partial charge in [0.05, 0.1) is 23.6 Å². The predicted octanol–water partition coefficient (Wildman–Crippen LogP) is 4.19. The number of hydrogen-bond acceptors (Lipinski definition) is 5. The van der Waals surface area contributed by atoms with Gasteiger partial charge >= 0.3 is 0 Å². The van der Waals surface area contributed by atoms with Gasteiger partial charge < -0.3 is 5.11 Å². The van der Waals surface area contributed by atoms with Crippen molar-refractivity contribution in [3.63, 3.8) is 0 Å². The summed E-state index contributed by atoms with van der Waals surface area (Å²) in [4.78, 5) is 23.9. The lowest BCUT2D eigenvalue weighted by atomic mass is 9.88. The molecule has 2 aliphatic heterocycles. The van der Waals surface area contributed by atoms with E-state index in [1.54, 1.807) is 18.0 Å². The molecule has 0 aliphatic carbocycles. The maximum absolute atomic E-state index is 13.4. The quantitative estimate of drug-likeness (QED) is 0.692. The highest BCUT2D eigenvalue weighted by molar-refractivity contribution is 7.99. The van der Waals surface area contributed by atoms with Crippen molar-refractivity contribution in [2.24, 2.45) is 0 Å². The number of amides is 1. The molecule has 30 heavy (non-hydrogen) atoms. The number of hydrogen-bond donors (Lipinski definition) is 1. The maximum Gasteiger partial charge on any atom is 0.245 e. The third-order valence-corrected chi connectivity index (χ3v) is 7.00. The second-order valence-corrected chi connectivity index (χ2v) is 8.87. The van der Waals surface area contributed by atoms with Crippen LogP contribution in [0.3, 0.4) is 0 Å². The molecule has 5 rings (SSSR count). The molecule has 1 fully saturated rings. The first-order valence-corrected chi connectivity index (χ1v) is 11.0. The van der Waals surface area contributed by atoms with Crippen LogP contribution < -0.4 is 4.90 Å². The van der Waals surface area contributed by atoms with Crippen LogP contribution in [0, 0.1) is 0 Å². The minimum absolute atomic E-state index is 0.0541. The number of aromatic nitrogens is 1. The minimum Gasteiger partial charge on any atom is -0.383 e. The lowest BCUT2D eigenvalue weighted by Gasteiger charge is -2.38. The molecule has 152 valence electrons. The standard InChI is InChI=1S/C24H23N3O2S/c28-23(17-26-15-12-24(29,13-16-26)22-11-5-6-14-25-22)27-18-7-1-3-9-20(18)30-21-10-4-2-8-19(21)27/h1-11,14,29H,12-13,15-17H2. The topological polar surface area (TPSA) is 56.7 Å². The zero-order valence-electron chi connectivity index (χ0n) is 16.6. The molecule has 1 saturated heterocycles. The number of piperidine rings is 1. The molecule has 0 bridgehead atoms. The number of carbonyl (C=O) groups excluding carboxylic acids is 1. The van der Waals surface area contributed by atoms with Crippen molar-refractivity contribution in [3.8, 4) is 0 Å². The molecule has 0 saturated carbocycles. The molecule has 1 N–H and O–H groups in total. The highest BCUT2D eigenvalue weighted by atomic mass is 32.2. The molecular weight excluding hydrogens is 394 g/mol. The van der Waals surface area contributed by atoms with Gasteiger partial charge in [0.2, 0.25) is 5.91 Å². The number of para-hydroxylation sites is 2. The van der Waals surface area contributed by atoms with Gasteiger partial charge in [-0.05, 0) is 49.2 Å². The Morgan fingerprint density at radius 2 is 1.53 bits per heavy atom. The van der Waals surface area contributed by atoms with Crippen molar-refractivity contribution in [2.45, 2.75) is 28.2 Å². The summed E-state index contributed by atoms with van der Waals surface area (Å²) in [5, 5.41) is 11.0. The molecule has 3 heterocycles. The normalized spacial score (nSPS) is 17.8. The van der Waals surface area contributed by atoms with Gasteiger partial charge in [0, 0.05) is 29.1 Å². The van der Waals surface area contributed by atoms with Crippen LogP contribution in [0.2, 0.25) is 0 Å². The van der Waals surface area contributed by atoms with Gasteiger partial charge in [0.25, 0.3) is 0 Å². The molecule has 6 heteroatoms. The molecule has 5 nitrogen and oxygen atoms in total. The van der Waals surface area contributed by atoms with Gasteiger partial charge in [-0.2, -0.15) is 0 Å². The van der Waals surface area contributed by atoms with Crippen molar-refractivity contribution >= 4 is 29.0 Å². The SMILES string of the molecule is O=C(CN1CCC(O)(c2ccccn2)CC1)N1c2ccccc2Sc2ccccc21. The van der Waals surface area contributed by atoms with E-state index in [1.807, 2.05) is 59.5 Å². The van der Waals surface area contributed by atoms with E-state index in [4.69, 9.17) is 0 Å². The molecule has 0 atom stereocenters. The molecule has 0 spiro atoms. The first-order valence-electron chi connectivity index (χ1n) is 10.2. The predicted molar refractivity (Wildman–Crippen MR) is 118 cm³/mol. The molecule has 2 aliphatic rings. The van der Waals surface area contributed by atoms with Gasteiger partial charge in [-0.3, -0.25) is 19.6 Å². The second kappa shape index (κ2) is 7.87. The lowest BCUT2D eigenvalue weighted by Crippen LogP contribution is -2.47. The Balaban J connectivity index is 1.33. The number of rotatable bonds is 3. The summed E-state index contributed by atoms with van der Waals surface area (Å²) in [6.45, 7) is 1.64. The summed E-state index contributed by atoms with van der Waals surface area (Å²) in [5.41, 5.74) is 1.68. The van der Waals surface area contributed by atoms with E-state index in [1.165, 1.54) is 0 Å². The molecule has 1 amide bonds. The van der Waals surface area contributed by atoms with E-state index in [0.29, 0.717) is 38.2 Å². The molecule has 1 aromatic heterocycles. The zero-order chi connectivity index (χ0) is 20.6. The average molecular weight is 418 g/mol. The van der Waals surface area contributed by atoms with E-state index >= 15 is 0 Å². The smallest absolute Gasteiger partial charge is 0.245 e. The zero-order valence-corrected chi connectivity index (χ0v) is 17.4. The Bertz CT molecular complexity index is 1020. The molecule has 0 radical (unpaired) electrons. The second-order valence-electron chi connectivity index (χ2n) is 7.79. The summed E-state index contributed by atoms with van der Waals surface area (Å²) in [6, 6.07) is 21.7. The first kappa shape index (κ1) is 19.3. The summed E-state index contributed by atoms with van der Waals surface area (Å²) in [7, 11) is 0. The van der Waals surface area contributed by atoms with Crippen molar-refractivity contribution in [2.75, 3.05) is 24.5 Å².